The molecule has 2 amide bonds. The summed E-state index contributed by atoms with van der Waals surface area (Å²) in [4.78, 5) is 32.4. The van der Waals surface area contributed by atoms with E-state index in [0.29, 0.717) is 25.6 Å². The Balaban J connectivity index is 1.48. The number of amides is 2. The number of thiophene rings is 1. The molecule has 7 heteroatoms. The van der Waals surface area contributed by atoms with Gasteiger partial charge in [0.15, 0.2) is 0 Å². The molecule has 0 radical (unpaired) electrons. The quantitative estimate of drug-likeness (QED) is 0.920. The van der Waals surface area contributed by atoms with Gasteiger partial charge >= 0.3 is 0 Å². The van der Waals surface area contributed by atoms with Gasteiger partial charge in [0.25, 0.3) is 0 Å². The van der Waals surface area contributed by atoms with Crippen LogP contribution < -0.4 is 5.32 Å². The monoisotopic (exact) mass is 344 g/mol. The first-order chi connectivity index (χ1) is 11.6. The Labute approximate surface area is 144 Å². The normalized spacial score (nSPS) is 25.2. The summed E-state index contributed by atoms with van der Waals surface area (Å²) in [7, 11) is 0. The van der Waals surface area contributed by atoms with Crippen LogP contribution in [0.1, 0.15) is 30.0 Å². The molecule has 0 unspecified atom stereocenters. The molecule has 0 aromatic carbocycles. The van der Waals surface area contributed by atoms with E-state index in [1.54, 1.807) is 23.9 Å². The van der Waals surface area contributed by atoms with Gasteiger partial charge in [-0.05, 0) is 23.8 Å². The minimum Gasteiger partial charge on any atom is -0.349 e. The first-order valence-corrected chi connectivity index (χ1v) is 9.11. The average molecular weight is 344 g/mol. The lowest BCUT2D eigenvalue weighted by Crippen LogP contribution is -2.46. The van der Waals surface area contributed by atoms with Gasteiger partial charge in [-0.3, -0.25) is 9.59 Å². The van der Waals surface area contributed by atoms with E-state index in [-0.39, 0.29) is 17.7 Å². The van der Waals surface area contributed by atoms with Gasteiger partial charge < -0.3 is 14.8 Å². The summed E-state index contributed by atoms with van der Waals surface area (Å²) < 4.78 is 1.89. The molecule has 2 aromatic rings. The van der Waals surface area contributed by atoms with Crippen LogP contribution in [0.5, 0.6) is 0 Å². The molecule has 1 saturated carbocycles. The number of hydrogen-bond acceptors (Lipinski definition) is 4. The maximum absolute atomic E-state index is 12.7. The molecule has 0 spiro atoms. The van der Waals surface area contributed by atoms with Gasteiger partial charge in [0, 0.05) is 17.0 Å². The van der Waals surface area contributed by atoms with E-state index in [4.69, 9.17) is 0 Å². The maximum atomic E-state index is 12.7. The van der Waals surface area contributed by atoms with Crippen LogP contribution in [0.2, 0.25) is 0 Å². The van der Waals surface area contributed by atoms with Crippen LogP contribution in [0.25, 0.3) is 0 Å². The van der Waals surface area contributed by atoms with Crippen molar-refractivity contribution in [2.75, 3.05) is 6.54 Å². The van der Waals surface area contributed by atoms with Crippen molar-refractivity contribution in [2.45, 2.75) is 32.5 Å². The Morgan fingerprint density at radius 2 is 2.29 bits per heavy atom. The predicted molar refractivity (Wildman–Crippen MR) is 90.1 cm³/mol. The molecule has 3 atom stereocenters. The van der Waals surface area contributed by atoms with Crippen molar-refractivity contribution in [3.8, 4) is 0 Å². The summed E-state index contributed by atoms with van der Waals surface area (Å²) in [5, 5.41) is 4.98. The minimum absolute atomic E-state index is 0.0657. The molecule has 1 aliphatic heterocycles. The molecular weight excluding hydrogens is 324 g/mol. The third-order valence-corrected chi connectivity index (χ3v) is 5.76. The van der Waals surface area contributed by atoms with E-state index in [9.17, 15) is 9.59 Å². The van der Waals surface area contributed by atoms with Gasteiger partial charge in [-0.15, -0.1) is 11.3 Å². The number of hydrogen-bond donors (Lipinski definition) is 1. The van der Waals surface area contributed by atoms with Gasteiger partial charge in [0.05, 0.1) is 31.7 Å². The lowest BCUT2D eigenvalue weighted by molar-refractivity contribution is -0.136. The summed E-state index contributed by atoms with van der Waals surface area (Å²) in [6, 6.07) is 3.56. The lowest BCUT2D eigenvalue weighted by Gasteiger charge is -2.34. The zero-order chi connectivity index (χ0) is 16.7. The molecule has 4 rings (SSSR count). The molecule has 0 bridgehead atoms. The summed E-state index contributed by atoms with van der Waals surface area (Å²) in [6.07, 6.45) is 4.39. The van der Waals surface area contributed by atoms with Crippen LogP contribution in [0.3, 0.4) is 0 Å². The number of nitrogens with zero attached hydrogens (tertiary/aromatic N) is 3. The van der Waals surface area contributed by atoms with Crippen molar-refractivity contribution < 1.29 is 9.59 Å². The highest BCUT2D eigenvalue weighted by molar-refractivity contribution is 7.09. The maximum Gasteiger partial charge on any atom is 0.245 e. The van der Waals surface area contributed by atoms with Crippen LogP contribution in [-0.2, 0) is 22.7 Å². The number of carbonyl (C=O) groups excluding carboxylic acids is 2. The van der Waals surface area contributed by atoms with E-state index < -0.39 is 6.04 Å². The molecule has 3 heterocycles. The molecule has 126 valence electrons. The number of carbonyl (C=O) groups is 2. The van der Waals surface area contributed by atoms with Crippen LogP contribution in [0, 0.1) is 11.8 Å². The molecule has 1 N–H and O–H groups in total. The summed E-state index contributed by atoms with van der Waals surface area (Å²) in [6.45, 7) is 3.57. The van der Waals surface area contributed by atoms with Crippen molar-refractivity contribution in [3.63, 3.8) is 0 Å². The third kappa shape index (κ3) is 2.84. The first-order valence-electron chi connectivity index (χ1n) is 8.23. The number of rotatable bonds is 4. The van der Waals surface area contributed by atoms with Gasteiger partial charge in [-0.25, -0.2) is 4.98 Å². The van der Waals surface area contributed by atoms with E-state index in [2.05, 4.69) is 17.2 Å². The van der Waals surface area contributed by atoms with Crippen molar-refractivity contribution in [1.82, 2.24) is 19.8 Å². The largest absolute Gasteiger partial charge is 0.349 e. The minimum atomic E-state index is -0.408. The number of imidazole rings is 1. The summed E-state index contributed by atoms with van der Waals surface area (Å²) >= 11 is 1.62. The van der Waals surface area contributed by atoms with E-state index in [0.717, 1.165) is 17.0 Å². The van der Waals surface area contributed by atoms with Gasteiger partial charge in [0.1, 0.15) is 6.04 Å². The highest BCUT2D eigenvalue weighted by Crippen LogP contribution is 2.40. The van der Waals surface area contributed by atoms with Crippen LogP contribution in [-0.4, -0.2) is 32.8 Å². The highest BCUT2D eigenvalue weighted by atomic mass is 32.1. The third-order valence-electron chi connectivity index (χ3n) is 4.89. The lowest BCUT2D eigenvalue weighted by atomic mass is 10.1. The molecular formula is C17H20N4O2S. The fraction of sp³-hybridized carbons (Fsp3) is 0.471. The molecule has 2 aromatic heterocycles. The second-order valence-corrected chi connectivity index (χ2v) is 7.68. The van der Waals surface area contributed by atoms with Crippen LogP contribution >= 0.6 is 11.3 Å². The SMILES string of the molecule is C[C@@H]1C[C@@H]1C(=O)N1Cc2cncn2[C@@H](C(=O)NCc2cccs2)C1. The zero-order valence-electron chi connectivity index (χ0n) is 13.5. The van der Waals surface area contributed by atoms with Crippen molar-refractivity contribution in [1.29, 1.82) is 0 Å². The fourth-order valence-electron chi connectivity index (χ4n) is 3.27. The Hall–Kier alpha value is -2.15. The predicted octanol–water partition coefficient (Wildman–Crippen LogP) is 1.80. The Kier molecular flexibility index (Phi) is 3.88. The second kappa shape index (κ2) is 6.05. The Morgan fingerprint density at radius 3 is 3.00 bits per heavy atom. The standard InChI is InChI=1S/C17H20N4O2S/c1-11-5-14(11)17(23)20-8-12-6-18-10-21(12)15(9-20)16(22)19-7-13-3-2-4-24-13/h2-4,6,10-11,14-15H,5,7-9H2,1H3,(H,19,22)/t11-,14+,15-/m1/s1. The van der Waals surface area contributed by atoms with Gasteiger partial charge in [-0.1, -0.05) is 13.0 Å². The number of fused-ring (bicyclic) bond motifs is 1. The second-order valence-electron chi connectivity index (χ2n) is 6.64. The van der Waals surface area contributed by atoms with Gasteiger partial charge in [0.2, 0.25) is 11.8 Å². The van der Waals surface area contributed by atoms with Gasteiger partial charge in [-0.2, -0.15) is 0 Å². The molecule has 1 fully saturated rings. The smallest absolute Gasteiger partial charge is 0.245 e. The van der Waals surface area contributed by atoms with Crippen molar-refractivity contribution in [3.05, 3.63) is 40.6 Å². The summed E-state index contributed by atoms with van der Waals surface area (Å²) in [5.74, 6) is 0.708. The fourth-order valence-corrected chi connectivity index (χ4v) is 3.92. The average Bonchev–Trinajstić information content (AvgIpc) is 3.01. The zero-order valence-corrected chi connectivity index (χ0v) is 14.3. The van der Waals surface area contributed by atoms with Crippen molar-refractivity contribution >= 4 is 23.2 Å². The summed E-state index contributed by atoms with van der Waals surface area (Å²) in [5.41, 5.74) is 0.916. The Bertz CT molecular complexity index is 754. The molecule has 1 aliphatic carbocycles. The van der Waals surface area contributed by atoms with Crippen LogP contribution in [0.15, 0.2) is 30.0 Å². The van der Waals surface area contributed by atoms with E-state index >= 15 is 0 Å². The highest BCUT2D eigenvalue weighted by Gasteiger charge is 2.43. The molecule has 24 heavy (non-hydrogen) atoms. The Morgan fingerprint density at radius 1 is 1.46 bits per heavy atom. The van der Waals surface area contributed by atoms with Crippen LogP contribution in [0.4, 0.5) is 0 Å². The molecule has 6 nitrogen and oxygen atoms in total. The first kappa shape index (κ1) is 15.4. The topological polar surface area (TPSA) is 67.2 Å². The molecule has 2 aliphatic rings. The van der Waals surface area contributed by atoms with E-state index in [1.165, 1.54) is 0 Å². The molecule has 0 saturated heterocycles. The van der Waals surface area contributed by atoms with Crippen molar-refractivity contribution in [2.24, 2.45) is 11.8 Å². The van der Waals surface area contributed by atoms with E-state index in [1.807, 2.05) is 27.0 Å². The number of aromatic nitrogens is 2. The number of nitrogens with one attached hydrogen (secondary N) is 1.